The first-order valence-electron chi connectivity index (χ1n) is 9.36. The van der Waals surface area contributed by atoms with E-state index in [1.165, 1.54) is 19.1 Å². The first-order valence-corrected chi connectivity index (χ1v) is 9.36. The largest absolute Gasteiger partial charge is 0.466 e. The molecule has 0 fully saturated rings. The Balaban J connectivity index is 2.67. The Morgan fingerprint density at radius 3 is 2.14 bits per heavy atom. The van der Waals surface area contributed by atoms with Crippen molar-refractivity contribution in [2.75, 3.05) is 14.2 Å². The van der Waals surface area contributed by atoms with Gasteiger partial charge in [0.15, 0.2) is 0 Å². The molecule has 2 heterocycles. The summed E-state index contributed by atoms with van der Waals surface area (Å²) in [6.07, 6.45) is 4.09. The van der Waals surface area contributed by atoms with Gasteiger partial charge >= 0.3 is 18.0 Å². The van der Waals surface area contributed by atoms with Crippen LogP contribution in [0.3, 0.4) is 0 Å². The van der Waals surface area contributed by atoms with Gasteiger partial charge in [0.2, 0.25) is 0 Å². The number of ether oxygens (including phenoxy) is 3. The van der Waals surface area contributed by atoms with Crippen molar-refractivity contribution in [2.45, 2.75) is 40.7 Å². The maximum atomic E-state index is 13.0. The number of hydrogen-bond donors (Lipinski definition) is 1. The molecule has 2 unspecified atom stereocenters. The van der Waals surface area contributed by atoms with Crippen LogP contribution >= 0.6 is 0 Å². The number of carbonyl (C=O) groups excluding carboxylic acids is 3. The number of allylic oxidation sites excluding steroid dienone is 4. The van der Waals surface area contributed by atoms with Crippen molar-refractivity contribution in [3.05, 3.63) is 46.6 Å². The van der Waals surface area contributed by atoms with Crippen LogP contribution in [0.25, 0.3) is 0 Å². The number of dihydropyridines is 1. The van der Waals surface area contributed by atoms with Crippen molar-refractivity contribution in [1.82, 2.24) is 10.2 Å². The summed E-state index contributed by atoms with van der Waals surface area (Å²) in [6.45, 7) is 8.93. The molecule has 2 aliphatic heterocycles. The Morgan fingerprint density at radius 1 is 1.03 bits per heavy atom. The van der Waals surface area contributed by atoms with Crippen LogP contribution in [0, 0.1) is 11.8 Å². The zero-order chi connectivity index (χ0) is 21.9. The van der Waals surface area contributed by atoms with E-state index in [2.05, 4.69) is 5.32 Å². The summed E-state index contributed by atoms with van der Waals surface area (Å²) in [7, 11) is 2.57. The lowest BCUT2D eigenvalue weighted by Crippen LogP contribution is -2.37. The van der Waals surface area contributed by atoms with Gasteiger partial charge in [-0.05, 0) is 39.2 Å². The second-order valence-corrected chi connectivity index (χ2v) is 7.22. The lowest BCUT2D eigenvalue weighted by Gasteiger charge is -2.35. The first kappa shape index (κ1) is 22.3. The van der Waals surface area contributed by atoms with E-state index in [1.807, 2.05) is 6.92 Å². The third-order valence-electron chi connectivity index (χ3n) is 4.80. The lowest BCUT2D eigenvalue weighted by molar-refractivity contribution is -0.143. The van der Waals surface area contributed by atoms with E-state index in [9.17, 15) is 14.4 Å². The molecule has 2 aliphatic rings. The van der Waals surface area contributed by atoms with Crippen molar-refractivity contribution in [2.24, 2.45) is 11.8 Å². The fraction of sp³-hybridized carbons (Fsp3) is 0.476. The minimum atomic E-state index is -0.734. The van der Waals surface area contributed by atoms with Crippen LogP contribution in [0.15, 0.2) is 46.6 Å². The molecule has 8 nitrogen and oxygen atoms in total. The van der Waals surface area contributed by atoms with Crippen molar-refractivity contribution < 1.29 is 28.6 Å². The Labute approximate surface area is 170 Å². The SMILES string of the molecule is COC(=O)C1=C(C)NC(C)=C(C(=O)OC(C)C)C1C1=CN(C(=O)OC)C=CC1C. The standard InChI is InChI=1S/C21H28N2O6/c1-11(2)29-20(25)17-14(5)22-13(4)16(19(24)27-6)18(17)15-10-23(21(26)28-7)9-8-12(15)3/h8-12,18,22H,1-7H3. The summed E-state index contributed by atoms with van der Waals surface area (Å²) in [5, 5.41) is 3.08. The molecule has 8 heteroatoms. The molecule has 0 aromatic rings. The fourth-order valence-electron chi connectivity index (χ4n) is 3.47. The van der Waals surface area contributed by atoms with Crippen molar-refractivity contribution in [3.8, 4) is 0 Å². The van der Waals surface area contributed by atoms with Crippen molar-refractivity contribution in [3.63, 3.8) is 0 Å². The molecule has 1 N–H and O–H groups in total. The minimum absolute atomic E-state index is 0.152. The van der Waals surface area contributed by atoms with Crippen LogP contribution in [0.1, 0.15) is 34.6 Å². The van der Waals surface area contributed by atoms with Gasteiger partial charge < -0.3 is 19.5 Å². The molecule has 29 heavy (non-hydrogen) atoms. The van der Waals surface area contributed by atoms with Gasteiger partial charge in [0.05, 0.1) is 37.4 Å². The molecule has 0 aromatic carbocycles. The number of nitrogens with zero attached hydrogens (tertiary/aromatic N) is 1. The van der Waals surface area contributed by atoms with Crippen LogP contribution in [0.4, 0.5) is 4.79 Å². The molecule has 2 rings (SSSR count). The number of carbonyl (C=O) groups is 3. The molecule has 0 spiro atoms. The molecule has 0 saturated carbocycles. The van der Waals surface area contributed by atoms with Crippen LogP contribution in [-0.4, -0.2) is 43.3 Å². The molecular formula is C21H28N2O6. The van der Waals surface area contributed by atoms with E-state index in [0.717, 1.165) is 0 Å². The highest BCUT2D eigenvalue weighted by Gasteiger charge is 2.41. The van der Waals surface area contributed by atoms with Gasteiger partial charge in [-0.3, -0.25) is 4.90 Å². The minimum Gasteiger partial charge on any atom is -0.466 e. The quantitative estimate of drug-likeness (QED) is 0.569. The molecule has 0 radical (unpaired) electrons. The normalized spacial score (nSPS) is 21.7. The van der Waals surface area contributed by atoms with Crippen LogP contribution in [0.2, 0.25) is 0 Å². The molecule has 0 aliphatic carbocycles. The molecule has 0 saturated heterocycles. The van der Waals surface area contributed by atoms with E-state index in [-0.39, 0.29) is 12.0 Å². The van der Waals surface area contributed by atoms with Crippen LogP contribution in [0.5, 0.6) is 0 Å². The topological polar surface area (TPSA) is 94.2 Å². The number of amides is 1. The Kier molecular flexibility index (Phi) is 6.89. The number of methoxy groups -OCH3 is 2. The number of esters is 2. The monoisotopic (exact) mass is 404 g/mol. The number of hydrogen-bond acceptors (Lipinski definition) is 7. The summed E-state index contributed by atoms with van der Waals surface area (Å²) in [6, 6.07) is 0. The van der Waals surface area contributed by atoms with Crippen LogP contribution < -0.4 is 5.32 Å². The maximum Gasteiger partial charge on any atom is 0.417 e. The van der Waals surface area contributed by atoms with Gasteiger partial charge in [-0.15, -0.1) is 0 Å². The van der Waals surface area contributed by atoms with Gasteiger partial charge in [0.25, 0.3) is 0 Å². The third kappa shape index (κ3) is 4.52. The molecule has 0 aromatic heterocycles. The predicted molar refractivity (Wildman–Crippen MR) is 106 cm³/mol. The fourth-order valence-corrected chi connectivity index (χ4v) is 3.47. The van der Waals surface area contributed by atoms with Gasteiger partial charge in [-0.1, -0.05) is 13.0 Å². The van der Waals surface area contributed by atoms with Crippen molar-refractivity contribution >= 4 is 18.0 Å². The van der Waals surface area contributed by atoms with Gasteiger partial charge in [-0.2, -0.15) is 0 Å². The predicted octanol–water partition coefficient (Wildman–Crippen LogP) is 2.99. The van der Waals surface area contributed by atoms with E-state index >= 15 is 0 Å². The Hall–Kier alpha value is -3.03. The average Bonchev–Trinajstić information content (AvgIpc) is 2.65. The van der Waals surface area contributed by atoms with Gasteiger partial charge in [0, 0.05) is 23.8 Å². The summed E-state index contributed by atoms with van der Waals surface area (Å²) in [5.41, 5.74) is 2.44. The smallest absolute Gasteiger partial charge is 0.417 e. The van der Waals surface area contributed by atoms with Gasteiger partial charge in [-0.25, -0.2) is 14.4 Å². The van der Waals surface area contributed by atoms with Crippen LogP contribution in [-0.2, 0) is 23.8 Å². The highest BCUT2D eigenvalue weighted by molar-refractivity contribution is 5.99. The zero-order valence-corrected chi connectivity index (χ0v) is 17.9. The average molecular weight is 404 g/mol. The second-order valence-electron chi connectivity index (χ2n) is 7.22. The van der Waals surface area contributed by atoms with E-state index in [0.29, 0.717) is 28.1 Å². The highest BCUT2D eigenvalue weighted by Crippen LogP contribution is 2.41. The lowest BCUT2D eigenvalue weighted by atomic mass is 9.75. The van der Waals surface area contributed by atoms with E-state index < -0.39 is 23.9 Å². The molecule has 2 atom stereocenters. The van der Waals surface area contributed by atoms with Gasteiger partial charge in [0.1, 0.15) is 0 Å². The molecular weight excluding hydrogens is 376 g/mol. The summed E-state index contributed by atoms with van der Waals surface area (Å²) >= 11 is 0. The third-order valence-corrected chi connectivity index (χ3v) is 4.80. The number of rotatable bonds is 4. The Morgan fingerprint density at radius 2 is 1.62 bits per heavy atom. The molecule has 158 valence electrons. The van der Waals surface area contributed by atoms with E-state index in [1.54, 1.807) is 46.2 Å². The molecule has 0 bridgehead atoms. The first-order chi connectivity index (χ1) is 13.6. The Bertz CT molecular complexity index is 834. The summed E-state index contributed by atoms with van der Waals surface area (Å²) < 4.78 is 15.2. The zero-order valence-electron chi connectivity index (χ0n) is 17.9. The molecule has 1 amide bonds. The summed E-state index contributed by atoms with van der Waals surface area (Å²) in [4.78, 5) is 39.0. The highest BCUT2D eigenvalue weighted by atomic mass is 16.5. The van der Waals surface area contributed by atoms with Crippen molar-refractivity contribution in [1.29, 1.82) is 0 Å². The number of nitrogens with one attached hydrogen (secondary N) is 1. The second kappa shape index (κ2) is 8.98. The van der Waals surface area contributed by atoms with E-state index in [4.69, 9.17) is 14.2 Å². The summed E-state index contributed by atoms with van der Waals surface area (Å²) in [5.74, 6) is -1.98. The maximum absolute atomic E-state index is 13.0.